The van der Waals surface area contributed by atoms with Crippen LogP contribution in [0.15, 0.2) is 12.1 Å². The van der Waals surface area contributed by atoms with Gasteiger partial charge in [-0.3, -0.25) is 10.1 Å². The van der Waals surface area contributed by atoms with Crippen molar-refractivity contribution in [2.24, 2.45) is 5.73 Å². The van der Waals surface area contributed by atoms with E-state index in [2.05, 4.69) is 15.2 Å². The molecule has 0 saturated heterocycles. The van der Waals surface area contributed by atoms with E-state index in [1.54, 1.807) is 0 Å². The molecule has 0 aliphatic carbocycles. The van der Waals surface area contributed by atoms with E-state index in [-0.39, 0.29) is 22.7 Å². The normalized spacial score (nSPS) is 9.62. The number of methoxy groups -OCH3 is 2. The first kappa shape index (κ1) is 16.0. The molecule has 21 heavy (non-hydrogen) atoms. The Hall–Kier alpha value is -3.04. The lowest BCUT2D eigenvalue weighted by molar-refractivity contribution is -0.385. The van der Waals surface area contributed by atoms with E-state index in [9.17, 15) is 19.7 Å². The second-order valence-corrected chi connectivity index (χ2v) is 3.55. The minimum atomic E-state index is -1.37. The summed E-state index contributed by atoms with van der Waals surface area (Å²) in [5, 5.41) is 11.0. The van der Waals surface area contributed by atoms with Gasteiger partial charge in [-0.1, -0.05) is 0 Å². The van der Waals surface area contributed by atoms with E-state index in [0.29, 0.717) is 0 Å². The molecule has 1 aromatic rings. The Morgan fingerprint density at radius 2 is 1.81 bits per heavy atom. The fraction of sp³-hybridized carbons (Fsp3) is 0.273. The molecule has 2 N–H and O–H groups in total. The number of benzene rings is 1. The summed E-state index contributed by atoms with van der Waals surface area (Å²) in [6, 6.07) is 2.39. The van der Waals surface area contributed by atoms with Gasteiger partial charge in [-0.15, -0.1) is 0 Å². The largest absolute Gasteiger partial charge is 0.517 e. The third-order valence-corrected chi connectivity index (χ3v) is 2.31. The summed E-state index contributed by atoms with van der Waals surface area (Å²) in [5.41, 5.74) is 4.30. The Bertz CT molecular complexity index is 572. The summed E-state index contributed by atoms with van der Waals surface area (Å²) in [5.74, 6) is 0.359. The van der Waals surface area contributed by atoms with Gasteiger partial charge in [0.2, 0.25) is 0 Å². The van der Waals surface area contributed by atoms with Crippen LogP contribution in [0.5, 0.6) is 11.5 Å². The molecule has 0 saturated carbocycles. The molecular formula is C11H12N2O8. The van der Waals surface area contributed by atoms with Crippen molar-refractivity contribution in [3.63, 3.8) is 0 Å². The number of amides is 1. The van der Waals surface area contributed by atoms with Gasteiger partial charge in [0.05, 0.1) is 30.8 Å². The first-order valence-corrected chi connectivity index (χ1v) is 5.42. The molecule has 0 unspecified atom stereocenters. The Labute approximate surface area is 118 Å². The van der Waals surface area contributed by atoms with Gasteiger partial charge in [0, 0.05) is 0 Å². The van der Waals surface area contributed by atoms with Crippen LogP contribution in [0, 0.1) is 10.1 Å². The average Bonchev–Trinajstić information content (AvgIpc) is 2.43. The maximum atomic E-state index is 11.0. The van der Waals surface area contributed by atoms with Crippen LogP contribution < -0.4 is 15.2 Å². The molecule has 1 amide bonds. The number of hydrogen-bond acceptors (Lipinski definition) is 8. The molecule has 0 aliphatic heterocycles. The van der Waals surface area contributed by atoms with Gasteiger partial charge >= 0.3 is 12.2 Å². The van der Waals surface area contributed by atoms with Gasteiger partial charge in [0.1, 0.15) is 6.61 Å². The lowest BCUT2D eigenvalue weighted by Gasteiger charge is -2.10. The predicted molar refractivity (Wildman–Crippen MR) is 67.1 cm³/mol. The Kier molecular flexibility index (Phi) is 5.29. The smallest absolute Gasteiger partial charge is 0.493 e. The predicted octanol–water partition coefficient (Wildman–Crippen LogP) is 1.34. The minimum absolute atomic E-state index is 0.0269. The summed E-state index contributed by atoms with van der Waals surface area (Å²) in [4.78, 5) is 31.6. The van der Waals surface area contributed by atoms with Gasteiger partial charge < -0.3 is 24.7 Å². The van der Waals surface area contributed by atoms with Crippen LogP contribution in [-0.2, 0) is 16.1 Å². The summed E-state index contributed by atoms with van der Waals surface area (Å²) >= 11 is 0. The zero-order valence-corrected chi connectivity index (χ0v) is 11.2. The molecule has 1 rings (SSSR count). The van der Waals surface area contributed by atoms with Crippen molar-refractivity contribution in [3.8, 4) is 11.5 Å². The Morgan fingerprint density at radius 3 is 2.29 bits per heavy atom. The molecule has 114 valence electrons. The highest BCUT2D eigenvalue weighted by Crippen LogP contribution is 2.34. The number of hydrogen-bond donors (Lipinski definition) is 1. The molecule has 0 aliphatic rings. The lowest BCUT2D eigenvalue weighted by atomic mass is 10.1. The zero-order valence-electron chi connectivity index (χ0n) is 11.2. The quantitative estimate of drug-likeness (QED) is 0.371. The molecule has 10 heteroatoms. The summed E-state index contributed by atoms with van der Waals surface area (Å²) in [7, 11) is 2.66. The molecule has 0 heterocycles. The van der Waals surface area contributed by atoms with Crippen molar-refractivity contribution in [2.45, 2.75) is 6.61 Å². The standard InChI is InChI=1S/C11H12N2O8/c1-18-8-3-6(5-20-11(15)21-10(12)14)7(13(16)17)4-9(8)19-2/h3-4H,5H2,1-2H3,(H2,12,14). The number of nitro groups is 1. The van der Waals surface area contributed by atoms with E-state index in [0.717, 1.165) is 6.07 Å². The van der Waals surface area contributed by atoms with Crippen LogP contribution in [0.2, 0.25) is 0 Å². The number of primary amides is 1. The molecule has 0 radical (unpaired) electrons. The maximum Gasteiger partial charge on any atom is 0.517 e. The zero-order chi connectivity index (χ0) is 16.0. The summed E-state index contributed by atoms with van der Waals surface area (Å²) in [6.45, 7) is -0.511. The number of rotatable bonds is 5. The fourth-order valence-corrected chi connectivity index (χ4v) is 1.44. The molecule has 0 fully saturated rings. The third-order valence-electron chi connectivity index (χ3n) is 2.31. The van der Waals surface area contributed by atoms with Crippen molar-refractivity contribution in [3.05, 3.63) is 27.8 Å². The van der Waals surface area contributed by atoms with Gasteiger partial charge in [-0.2, -0.15) is 0 Å². The third kappa shape index (κ3) is 4.23. The van der Waals surface area contributed by atoms with Crippen LogP contribution in [-0.4, -0.2) is 31.4 Å². The van der Waals surface area contributed by atoms with E-state index < -0.39 is 23.8 Å². The number of nitrogens with zero attached hydrogens (tertiary/aromatic N) is 1. The second kappa shape index (κ2) is 6.93. The van der Waals surface area contributed by atoms with Crippen molar-refractivity contribution in [1.29, 1.82) is 0 Å². The van der Waals surface area contributed by atoms with E-state index in [4.69, 9.17) is 9.47 Å². The Balaban J connectivity index is 3.01. The average molecular weight is 300 g/mol. The minimum Gasteiger partial charge on any atom is -0.493 e. The van der Waals surface area contributed by atoms with Crippen LogP contribution in [0.4, 0.5) is 15.3 Å². The first-order valence-electron chi connectivity index (χ1n) is 5.42. The molecule has 0 aromatic heterocycles. The van der Waals surface area contributed by atoms with Crippen LogP contribution in [0.3, 0.4) is 0 Å². The molecule has 0 spiro atoms. The van der Waals surface area contributed by atoms with Crippen LogP contribution in [0.25, 0.3) is 0 Å². The first-order chi connectivity index (χ1) is 9.88. The SMILES string of the molecule is COc1cc(COC(=O)OC(N)=O)c([N+](=O)[O-])cc1OC. The van der Waals surface area contributed by atoms with Gasteiger partial charge in [-0.05, 0) is 6.07 Å². The van der Waals surface area contributed by atoms with Crippen LogP contribution >= 0.6 is 0 Å². The van der Waals surface area contributed by atoms with E-state index in [1.165, 1.54) is 20.3 Å². The van der Waals surface area contributed by atoms with Crippen molar-refractivity contribution in [2.75, 3.05) is 14.2 Å². The van der Waals surface area contributed by atoms with Crippen molar-refractivity contribution >= 4 is 17.9 Å². The second-order valence-electron chi connectivity index (χ2n) is 3.55. The van der Waals surface area contributed by atoms with Gasteiger partial charge in [-0.25, -0.2) is 9.59 Å². The summed E-state index contributed by atoms with van der Waals surface area (Å²) < 4.78 is 18.4. The van der Waals surface area contributed by atoms with Crippen LogP contribution in [0.1, 0.15) is 5.56 Å². The highest BCUT2D eigenvalue weighted by Gasteiger charge is 2.21. The number of carbonyl (C=O) groups is 2. The van der Waals surface area contributed by atoms with E-state index >= 15 is 0 Å². The lowest BCUT2D eigenvalue weighted by Crippen LogP contribution is -2.19. The van der Waals surface area contributed by atoms with Crippen molar-refractivity contribution < 1.29 is 33.5 Å². The monoisotopic (exact) mass is 300 g/mol. The van der Waals surface area contributed by atoms with Gasteiger partial charge in [0.25, 0.3) is 5.69 Å². The Morgan fingerprint density at radius 1 is 1.24 bits per heavy atom. The van der Waals surface area contributed by atoms with Crippen molar-refractivity contribution in [1.82, 2.24) is 0 Å². The molecule has 1 aromatic carbocycles. The highest BCUT2D eigenvalue weighted by molar-refractivity contribution is 5.79. The van der Waals surface area contributed by atoms with Gasteiger partial charge in [0.15, 0.2) is 11.5 Å². The number of carbonyl (C=O) groups excluding carboxylic acids is 2. The number of nitro benzene ring substituents is 1. The molecule has 10 nitrogen and oxygen atoms in total. The molecular weight excluding hydrogens is 288 g/mol. The maximum absolute atomic E-state index is 11.0. The molecule has 0 bridgehead atoms. The summed E-state index contributed by atoms with van der Waals surface area (Å²) in [6.07, 6.45) is -2.71. The fourth-order valence-electron chi connectivity index (χ4n) is 1.44. The highest BCUT2D eigenvalue weighted by atomic mass is 16.7. The topological polar surface area (TPSA) is 140 Å². The van der Waals surface area contributed by atoms with E-state index in [1.807, 2.05) is 0 Å². The molecule has 0 atom stereocenters. The number of nitrogens with two attached hydrogens (primary N) is 1. The number of ether oxygens (including phenoxy) is 4.